The Kier molecular flexibility index (Phi) is 10.1. The normalized spacial score (nSPS) is 16.5. The molecule has 0 spiro atoms. The summed E-state index contributed by atoms with van der Waals surface area (Å²) in [6.07, 6.45) is 7.80. The molecule has 0 bridgehead atoms. The molecule has 1 unspecified atom stereocenters. The van der Waals surface area contributed by atoms with Crippen LogP contribution >= 0.6 is 0 Å². The second-order valence-electron chi connectivity index (χ2n) is 11.9. The zero-order valence-electron chi connectivity index (χ0n) is 23.8. The summed E-state index contributed by atoms with van der Waals surface area (Å²) in [4.78, 5) is 0. The van der Waals surface area contributed by atoms with Gasteiger partial charge in [-0.1, -0.05) is 0 Å². The van der Waals surface area contributed by atoms with Crippen molar-refractivity contribution in [2.24, 2.45) is 11.3 Å². The van der Waals surface area contributed by atoms with Crippen LogP contribution in [0.5, 0.6) is 0 Å². The van der Waals surface area contributed by atoms with Crippen LogP contribution in [0.15, 0.2) is 87.7 Å². The van der Waals surface area contributed by atoms with Crippen LogP contribution in [0.3, 0.4) is 0 Å². The van der Waals surface area contributed by atoms with Crippen molar-refractivity contribution in [1.29, 1.82) is 0 Å². The minimum Gasteiger partial charge on any atom is -1.00 e. The second-order valence-corrected chi connectivity index (χ2v) is 18.6. The Balaban J connectivity index is 0.00000200. The van der Waals surface area contributed by atoms with Crippen molar-refractivity contribution in [1.82, 2.24) is 0 Å². The molecule has 3 heteroatoms. The fourth-order valence-electron chi connectivity index (χ4n) is 6.18. The van der Waals surface area contributed by atoms with Crippen molar-refractivity contribution < 1.29 is 46.1 Å². The molecular formula is C35H40Cl2Zr. The Hall–Kier alpha value is -1.53. The molecule has 2 aliphatic carbocycles. The summed E-state index contributed by atoms with van der Waals surface area (Å²) in [5, 5.41) is 0. The summed E-state index contributed by atoms with van der Waals surface area (Å²) in [5.74, 6) is 0.583. The van der Waals surface area contributed by atoms with Crippen LogP contribution in [-0.2, 0) is 21.3 Å². The quantitative estimate of drug-likeness (QED) is 0.409. The monoisotopic (exact) mass is 620 g/mol. The molecule has 3 aromatic rings. The summed E-state index contributed by atoms with van der Waals surface area (Å²) in [7, 11) is 0. The van der Waals surface area contributed by atoms with Crippen molar-refractivity contribution in [2.75, 3.05) is 0 Å². The van der Waals surface area contributed by atoms with Crippen molar-refractivity contribution in [3.63, 3.8) is 0 Å². The first-order valence-electron chi connectivity index (χ1n) is 13.6. The molecule has 0 amide bonds. The fraction of sp³-hybridized carbons (Fsp3) is 0.343. The maximum absolute atomic E-state index is 2.67. The van der Waals surface area contributed by atoms with Gasteiger partial charge in [0.1, 0.15) is 0 Å². The Labute approximate surface area is 250 Å². The van der Waals surface area contributed by atoms with E-state index in [9.17, 15) is 0 Å². The summed E-state index contributed by atoms with van der Waals surface area (Å²) in [6.45, 7) is 16.5. The van der Waals surface area contributed by atoms with Gasteiger partial charge < -0.3 is 24.8 Å². The Morgan fingerprint density at radius 3 is 1.87 bits per heavy atom. The predicted molar refractivity (Wildman–Crippen MR) is 153 cm³/mol. The predicted octanol–water partition coefficient (Wildman–Crippen LogP) is 3.53. The fourth-order valence-corrected chi connectivity index (χ4v) is 15.3. The molecule has 0 heterocycles. The molecule has 0 radical (unpaired) electrons. The van der Waals surface area contributed by atoms with Crippen LogP contribution in [-0.4, -0.2) is 3.21 Å². The van der Waals surface area contributed by atoms with E-state index in [1.165, 1.54) is 40.7 Å². The summed E-state index contributed by atoms with van der Waals surface area (Å²) < 4.78 is 4.01. The molecule has 3 aromatic carbocycles. The Bertz CT molecular complexity index is 1350. The molecule has 2 aliphatic rings. The molecule has 198 valence electrons. The van der Waals surface area contributed by atoms with E-state index in [1.807, 2.05) is 0 Å². The van der Waals surface area contributed by atoms with Gasteiger partial charge in [0, 0.05) is 0 Å². The zero-order chi connectivity index (χ0) is 25.6. The number of allylic oxidation sites excluding steroid dienone is 4. The van der Waals surface area contributed by atoms with Gasteiger partial charge in [-0.05, 0) is 0 Å². The van der Waals surface area contributed by atoms with Crippen LogP contribution in [0.2, 0.25) is 0 Å². The van der Waals surface area contributed by atoms with Gasteiger partial charge in [0.05, 0.1) is 0 Å². The molecule has 0 nitrogen and oxygen atoms in total. The SMILES string of the molecule is CCCC1C=C(C(C)(C)C)C=[C]1/[Zr+2](=[C](/C)c1ccccc1)[CH]1c2cc(C)ccc2-c2ccc(C)cc21.[Cl-].[Cl-]. The molecule has 0 saturated heterocycles. The van der Waals surface area contributed by atoms with E-state index >= 15 is 0 Å². The van der Waals surface area contributed by atoms with E-state index < -0.39 is 21.3 Å². The third kappa shape index (κ3) is 5.82. The van der Waals surface area contributed by atoms with Gasteiger partial charge >= 0.3 is 227 Å². The maximum atomic E-state index is 2.67. The topological polar surface area (TPSA) is 0 Å². The average molecular weight is 623 g/mol. The van der Waals surface area contributed by atoms with Crippen LogP contribution in [0.4, 0.5) is 0 Å². The average Bonchev–Trinajstić information content (AvgIpc) is 3.39. The molecule has 0 aromatic heterocycles. The van der Waals surface area contributed by atoms with Gasteiger partial charge in [0.25, 0.3) is 0 Å². The minimum atomic E-state index is -2.47. The largest absolute Gasteiger partial charge is 1.00 e. The van der Waals surface area contributed by atoms with Gasteiger partial charge in [0.15, 0.2) is 0 Å². The van der Waals surface area contributed by atoms with E-state index in [2.05, 4.69) is 127 Å². The van der Waals surface area contributed by atoms with Crippen molar-refractivity contribution >= 4 is 3.21 Å². The second kappa shape index (κ2) is 12.3. The van der Waals surface area contributed by atoms with Gasteiger partial charge in [-0.15, -0.1) is 0 Å². The summed E-state index contributed by atoms with van der Waals surface area (Å²) in [5.41, 5.74) is 12.0. The Morgan fingerprint density at radius 1 is 0.816 bits per heavy atom. The first-order chi connectivity index (χ1) is 17.2. The first-order valence-corrected chi connectivity index (χ1v) is 17.5. The van der Waals surface area contributed by atoms with Gasteiger partial charge in [-0.3, -0.25) is 0 Å². The zero-order valence-corrected chi connectivity index (χ0v) is 27.8. The molecule has 0 fully saturated rings. The molecule has 5 rings (SSSR count). The Morgan fingerprint density at radius 2 is 1.37 bits per heavy atom. The van der Waals surface area contributed by atoms with Crippen LogP contribution < -0.4 is 24.8 Å². The van der Waals surface area contributed by atoms with E-state index in [-0.39, 0.29) is 30.2 Å². The third-order valence-electron chi connectivity index (χ3n) is 8.09. The van der Waals surface area contributed by atoms with E-state index in [4.69, 9.17) is 0 Å². The van der Waals surface area contributed by atoms with Gasteiger partial charge in [0.2, 0.25) is 0 Å². The number of fused-ring (bicyclic) bond motifs is 3. The number of hydrogen-bond acceptors (Lipinski definition) is 0. The molecule has 0 N–H and O–H groups in total. The smallest absolute Gasteiger partial charge is 1.00 e. The number of rotatable bonds is 5. The van der Waals surface area contributed by atoms with Crippen LogP contribution in [0.25, 0.3) is 11.1 Å². The molecular weight excluding hydrogens is 583 g/mol. The molecule has 1 atom stereocenters. The van der Waals surface area contributed by atoms with Gasteiger partial charge in [-0.25, -0.2) is 0 Å². The number of aryl methyl sites for hydroxylation is 2. The van der Waals surface area contributed by atoms with Crippen LogP contribution in [0.1, 0.15) is 78.9 Å². The van der Waals surface area contributed by atoms with E-state index in [0.717, 1.165) is 0 Å². The molecule has 38 heavy (non-hydrogen) atoms. The first kappa shape index (κ1) is 31.0. The maximum Gasteiger partial charge on any atom is -1.00 e. The molecule has 0 aliphatic heterocycles. The van der Waals surface area contributed by atoms with E-state index in [0.29, 0.717) is 9.54 Å². The van der Waals surface area contributed by atoms with Crippen LogP contribution in [0, 0.1) is 25.2 Å². The number of halogens is 2. The van der Waals surface area contributed by atoms with Crippen molar-refractivity contribution in [2.45, 2.75) is 64.9 Å². The standard InChI is InChI=1S/C15H13.C12H19.C8H8.2ClH.Zr/c1-10-3-5-14-12(7-10)9-13-8-11(2)4-6-15(13)14;1-5-6-10-7-8-11(9-10)12(2,3)4;1-2-8-6-4-3-5-7-8;;;/h3-9H,1-2H3;8-10H,5-6H2,1-4H3;3-7H,1H3;2*1H;/q;;;;;+2/p-2. The molecule has 0 saturated carbocycles. The van der Waals surface area contributed by atoms with Crippen molar-refractivity contribution in [3.8, 4) is 11.1 Å². The minimum absolute atomic E-state index is 0. The number of hydrogen-bond donors (Lipinski definition) is 0. The number of benzene rings is 3. The van der Waals surface area contributed by atoms with Crippen molar-refractivity contribution in [3.05, 3.63) is 116 Å². The summed E-state index contributed by atoms with van der Waals surface area (Å²) >= 11 is -2.47. The summed E-state index contributed by atoms with van der Waals surface area (Å²) in [6, 6.07) is 25.7. The van der Waals surface area contributed by atoms with E-state index in [1.54, 1.807) is 23.2 Å². The van der Waals surface area contributed by atoms with Gasteiger partial charge in [-0.2, -0.15) is 0 Å². The third-order valence-corrected chi connectivity index (χ3v) is 16.5.